The van der Waals surface area contributed by atoms with E-state index in [0.717, 1.165) is 0 Å². The molecule has 8 nitrogen and oxygen atoms in total. The van der Waals surface area contributed by atoms with E-state index in [1.807, 2.05) is 6.07 Å². The van der Waals surface area contributed by atoms with E-state index in [1.54, 1.807) is 25.1 Å². The summed E-state index contributed by atoms with van der Waals surface area (Å²) in [7, 11) is 0. The fraction of sp³-hybridized carbons (Fsp3) is 0.308. The number of nitrogens with one attached hydrogen (secondary N) is 1. The first kappa shape index (κ1) is 15.8. The van der Waals surface area contributed by atoms with Crippen molar-refractivity contribution < 1.29 is 9.59 Å². The van der Waals surface area contributed by atoms with Crippen LogP contribution in [-0.2, 0) is 4.79 Å². The molecule has 0 saturated carbocycles. The quantitative estimate of drug-likeness (QED) is 0.835. The van der Waals surface area contributed by atoms with E-state index in [0.29, 0.717) is 29.0 Å². The number of halogens is 1. The molecule has 3 rings (SSSR count). The largest absolute Gasteiger partial charge is 0.336 e. The van der Waals surface area contributed by atoms with Crippen molar-refractivity contribution in [3.8, 4) is 5.69 Å². The zero-order valence-corrected chi connectivity index (χ0v) is 13.7. The van der Waals surface area contributed by atoms with Crippen molar-refractivity contribution >= 4 is 35.3 Å². The van der Waals surface area contributed by atoms with Gasteiger partial charge in [-0.25, -0.2) is 4.79 Å². The number of carbonyl (C=O) groups excluding carboxylic acids is 2. The fourth-order valence-corrected chi connectivity index (χ4v) is 3.19. The molecule has 1 aromatic heterocycles. The van der Waals surface area contributed by atoms with E-state index in [9.17, 15) is 9.59 Å². The smallest absolute Gasteiger partial charge is 0.324 e. The van der Waals surface area contributed by atoms with Gasteiger partial charge in [0, 0.05) is 18.1 Å². The van der Waals surface area contributed by atoms with Gasteiger partial charge in [-0.15, -0.1) is 5.10 Å². The first-order valence-electron chi connectivity index (χ1n) is 6.86. The normalized spacial score (nSPS) is 15.6. The highest BCUT2D eigenvalue weighted by atomic mass is 35.5. The standard InChI is InChI=1S/C13H13ClN6O2S/c1-8(11(21)19-6-5-15-12(19)22)23-13-16-17-18-20(13)10-4-2-3-9(14)7-10/h2-4,7-8H,5-6H2,1H3,(H,15,22)/t8-/m0/s1. The Kier molecular flexibility index (Phi) is 4.49. The van der Waals surface area contributed by atoms with Crippen LogP contribution < -0.4 is 5.32 Å². The molecule has 120 valence electrons. The van der Waals surface area contributed by atoms with Crippen LogP contribution in [0.15, 0.2) is 29.4 Å². The number of urea groups is 1. The Morgan fingerprint density at radius 2 is 2.30 bits per heavy atom. The summed E-state index contributed by atoms with van der Waals surface area (Å²) in [5.41, 5.74) is 0.698. The van der Waals surface area contributed by atoms with Crippen molar-refractivity contribution in [3.63, 3.8) is 0 Å². The number of tetrazole rings is 1. The molecule has 10 heteroatoms. The van der Waals surface area contributed by atoms with Crippen molar-refractivity contribution in [2.24, 2.45) is 0 Å². The van der Waals surface area contributed by atoms with Crippen molar-refractivity contribution in [1.82, 2.24) is 30.4 Å². The summed E-state index contributed by atoms with van der Waals surface area (Å²) in [6.45, 7) is 2.57. The first-order valence-corrected chi connectivity index (χ1v) is 8.12. The molecule has 0 aliphatic carbocycles. The summed E-state index contributed by atoms with van der Waals surface area (Å²) in [5.74, 6) is -0.273. The molecule has 1 atom stereocenters. The van der Waals surface area contributed by atoms with Crippen LogP contribution in [-0.4, -0.2) is 55.4 Å². The van der Waals surface area contributed by atoms with Gasteiger partial charge in [0.15, 0.2) is 0 Å². The van der Waals surface area contributed by atoms with Crippen LogP contribution in [0.1, 0.15) is 6.92 Å². The Morgan fingerprint density at radius 3 is 3.00 bits per heavy atom. The van der Waals surface area contributed by atoms with E-state index < -0.39 is 5.25 Å². The fourth-order valence-electron chi connectivity index (χ4n) is 2.13. The number of hydrogen-bond acceptors (Lipinski definition) is 6. The Bertz CT molecular complexity index is 752. The van der Waals surface area contributed by atoms with E-state index >= 15 is 0 Å². The highest BCUT2D eigenvalue weighted by Gasteiger charge is 2.31. The number of hydrogen-bond donors (Lipinski definition) is 1. The van der Waals surface area contributed by atoms with Crippen molar-refractivity contribution in [3.05, 3.63) is 29.3 Å². The SMILES string of the molecule is C[C@H](Sc1nnnn1-c1cccc(Cl)c1)C(=O)N1CCNC1=O. The Balaban J connectivity index is 1.77. The lowest BCUT2D eigenvalue weighted by atomic mass is 10.3. The van der Waals surface area contributed by atoms with Gasteiger partial charge in [0.25, 0.3) is 0 Å². The second-order valence-corrected chi connectivity index (χ2v) is 6.58. The molecule has 1 aliphatic heterocycles. The number of carbonyl (C=O) groups is 2. The molecule has 0 radical (unpaired) electrons. The highest BCUT2D eigenvalue weighted by Crippen LogP contribution is 2.25. The minimum absolute atomic E-state index is 0.273. The summed E-state index contributed by atoms with van der Waals surface area (Å²) >= 11 is 7.17. The number of rotatable bonds is 4. The second-order valence-electron chi connectivity index (χ2n) is 4.84. The summed E-state index contributed by atoms with van der Waals surface area (Å²) in [6, 6.07) is 6.71. The molecule has 23 heavy (non-hydrogen) atoms. The molecule has 1 N–H and O–H groups in total. The first-order chi connectivity index (χ1) is 11.1. The van der Waals surface area contributed by atoms with E-state index in [2.05, 4.69) is 20.8 Å². The lowest BCUT2D eigenvalue weighted by Gasteiger charge is -2.16. The van der Waals surface area contributed by atoms with Gasteiger partial charge in [0.2, 0.25) is 11.1 Å². The van der Waals surface area contributed by atoms with Gasteiger partial charge in [-0.05, 0) is 35.5 Å². The summed E-state index contributed by atoms with van der Waals surface area (Å²) in [6.07, 6.45) is 0. The molecule has 0 spiro atoms. The molecule has 0 bridgehead atoms. The monoisotopic (exact) mass is 352 g/mol. The van der Waals surface area contributed by atoms with Crippen molar-refractivity contribution in [2.75, 3.05) is 13.1 Å². The van der Waals surface area contributed by atoms with Gasteiger partial charge < -0.3 is 5.32 Å². The van der Waals surface area contributed by atoms with Gasteiger partial charge in [-0.3, -0.25) is 9.69 Å². The van der Waals surface area contributed by atoms with Crippen LogP contribution in [0.4, 0.5) is 4.79 Å². The third-order valence-corrected chi connectivity index (χ3v) is 4.50. The van der Waals surface area contributed by atoms with Gasteiger partial charge in [-0.2, -0.15) is 4.68 Å². The molecule has 3 amide bonds. The molecule has 1 aliphatic rings. The van der Waals surface area contributed by atoms with Crippen LogP contribution in [0, 0.1) is 0 Å². The summed E-state index contributed by atoms with van der Waals surface area (Å²) in [4.78, 5) is 25.1. The average molecular weight is 353 g/mol. The summed E-state index contributed by atoms with van der Waals surface area (Å²) < 4.78 is 1.50. The van der Waals surface area contributed by atoms with Crippen LogP contribution in [0.2, 0.25) is 5.02 Å². The maximum atomic E-state index is 12.3. The minimum Gasteiger partial charge on any atom is -0.336 e. The lowest BCUT2D eigenvalue weighted by Crippen LogP contribution is -2.39. The number of imide groups is 1. The molecular formula is C13H13ClN6O2S. The predicted molar refractivity (Wildman–Crippen MR) is 84.6 cm³/mol. The van der Waals surface area contributed by atoms with Gasteiger partial charge in [0.05, 0.1) is 10.9 Å². The molecule has 1 aromatic carbocycles. The predicted octanol–water partition coefficient (Wildman–Crippen LogP) is 1.35. The highest BCUT2D eigenvalue weighted by molar-refractivity contribution is 8.00. The number of aromatic nitrogens is 4. The van der Waals surface area contributed by atoms with Crippen molar-refractivity contribution in [2.45, 2.75) is 17.3 Å². The summed E-state index contributed by atoms with van der Waals surface area (Å²) in [5, 5.41) is 14.6. The minimum atomic E-state index is -0.497. The molecule has 1 saturated heterocycles. The van der Waals surface area contributed by atoms with E-state index in [-0.39, 0.29) is 11.9 Å². The van der Waals surface area contributed by atoms with Crippen LogP contribution in [0.25, 0.3) is 5.69 Å². The molecule has 2 heterocycles. The number of nitrogens with zero attached hydrogens (tertiary/aromatic N) is 5. The van der Waals surface area contributed by atoms with Gasteiger partial charge in [-0.1, -0.05) is 29.4 Å². The average Bonchev–Trinajstić information content (AvgIpc) is 3.15. The molecule has 2 aromatic rings. The van der Waals surface area contributed by atoms with Gasteiger partial charge in [0.1, 0.15) is 0 Å². The molecule has 1 fully saturated rings. The Hall–Kier alpha value is -2.13. The molecule has 0 unspecified atom stereocenters. The maximum absolute atomic E-state index is 12.3. The number of thioether (sulfide) groups is 1. The van der Waals surface area contributed by atoms with E-state index in [1.165, 1.54) is 21.3 Å². The van der Waals surface area contributed by atoms with Crippen LogP contribution in [0.3, 0.4) is 0 Å². The maximum Gasteiger partial charge on any atom is 0.324 e. The topological polar surface area (TPSA) is 93.0 Å². The van der Waals surface area contributed by atoms with Gasteiger partial charge >= 0.3 is 6.03 Å². The van der Waals surface area contributed by atoms with Crippen LogP contribution >= 0.6 is 23.4 Å². The third-order valence-electron chi connectivity index (χ3n) is 3.25. The Morgan fingerprint density at radius 1 is 1.48 bits per heavy atom. The lowest BCUT2D eigenvalue weighted by molar-refractivity contribution is -0.126. The Labute approximate surface area is 141 Å². The zero-order chi connectivity index (χ0) is 16.4. The van der Waals surface area contributed by atoms with Crippen LogP contribution in [0.5, 0.6) is 0 Å². The number of benzene rings is 1. The van der Waals surface area contributed by atoms with E-state index in [4.69, 9.17) is 11.6 Å². The molecular weight excluding hydrogens is 340 g/mol. The second kappa shape index (κ2) is 6.55. The van der Waals surface area contributed by atoms with Crippen molar-refractivity contribution in [1.29, 1.82) is 0 Å². The third kappa shape index (κ3) is 3.30. The number of amides is 3. The zero-order valence-electron chi connectivity index (χ0n) is 12.1.